The summed E-state index contributed by atoms with van der Waals surface area (Å²) in [6.07, 6.45) is 0. The molecule has 1 heterocycles. The van der Waals surface area contributed by atoms with Crippen LogP contribution in [-0.4, -0.2) is 44.7 Å². The first-order valence-corrected chi connectivity index (χ1v) is 23.8. The Morgan fingerprint density at radius 2 is 0.500 bits per heavy atom. The van der Waals surface area contributed by atoms with E-state index in [1.54, 1.807) is 13.8 Å². The van der Waals surface area contributed by atoms with Gasteiger partial charge in [-0.05, 0) is 49.2 Å². The van der Waals surface area contributed by atoms with E-state index in [9.17, 15) is 28.8 Å². The Morgan fingerprint density at radius 1 is 0.284 bits per heavy atom. The molecule has 1 aromatic heterocycles. The average Bonchev–Trinajstić information content (AvgIpc) is 3.44. The van der Waals surface area contributed by atoms with Crippen LogP contribution < -0.4 is 11.5 Å². The number of Topliss-reactive ketones (excluding diaryl/α,β-unsaturated/α-hetero) is 6. The minimum atomic E-state index is -0.648. The molecule has 0 aliphatic rings. The van der Waals surface area contributed by atoms with Gasteiger partial charge >= 0.3 is 0 Å². The van der Waals surface area contributed by atoms with Crippen molar-refractivity contribution in [2.45, 2.75) is 27.7 Å². The number of carbonyl (C=O) groups excluding carboxylic acids is 6. The first kappa shape index (κ1) is 49.2. The average molecular weight is 969 g/mol. The fraction of sp³-hybridized carbons (Fsp3) is 0.0625. The molecule has 10 heteroatoms. The fourth-order valence-electron chi connectivity index (χ4n) is 8.96. The Bertz CT molecular complexity index is 3790. The number of benzene rings is 10. The lowest BCUT2D eigenvalue weighted by molar-refractivity contribution is 0.0817. The number of nitrogen functional groups attached to an aromatic ring is 2. The highest BCUT2D eigenvalue weighted by Crippen LogP contribution is 2.39. The van der Waals surface area contributed by atoms with Gasteiger partial charge in [-0.25, -0.2) is 9.97 Å². The molecule has 0 fully saturated rings. The van der Waals surface area contributed by atoms with Crippen molar-refractivity contribution in [3.8, 4) is 22.5 Å². The van der Waals surface area contributed by atoms with Gasteiger partial charge in [0.1, 0.15) is 0 Å². The first-order chi connectivity index (χ1) is 35.7. The van der Waals surface area contributed by atoms with E-state index in [1.165, 1.54) is 62.4 Å². The third-order valence-corrected chi connectivity index (χ3v) is 13.0. The van der Waals surface area contributed by atoms with Crippen molar-refractivity contribution in [1.29, 1.82) is 0 Å². The number of anilines is 2. The van der Waals surface area contributed by atoms with Gasteiger partial charge in [-0.15, -0.1) is 0 Å². The highest BCUT2D eigenvalue weighted by Gasteiger charge is 2.20. The van der Waals surface area contributed by atoms with E-state index < -0.39 is 11.6 Å². The van der Waals surface area contributed by atoms with Crippen LogP contribution in [0.25, 0.3) is 76.6 Å². The van der Waals surface area contributed by atoms with Gasteiger partial charge in [-0.1, -0.05) is 194 Å². The molecule has 0 saturated heterocycles. The molecule has 11 aromatic rings. The molecule has 0 spiro atoms. The minimum Gasteiger partial charge on any atom is -0.397 e. The van der Waals surface area contributed by atoms with Gasteiger partial charge in [0.15, 0.2) is 23.1 Å². The predicted octanol–water partition coefficient (Wildman–Crippen LogP) is 14.0. The third-order valence-electron chi connectivity index (χ3n) is 13.0. The summed E-state index contributed by atoms with van der Waals surface area (Å²) in [5.41, 5.74) is 21.1. The van der Waals surface area contributed by atoms with Gasteiger partial charge in [0.2, 0.25) is 11.6 Å². The lowest BCUT2D eigenvalue weighted by Gasteiger charge is -2.15. The van der Waals surface area contributed by atoms with Gasteiger partial charge in [-0.3, -0.25) is 28.8 Å². The maximum atomic E-state index is 12.1. The molecule has 10 aromatic carbocycles. The van der Waals surface area contributed by atoms with Crippen LogP contribution >= 0.6 is 0 Å². The minimum absolute atomic E-state index is 0.0173. The molecule has 0 radical (unpaired) electrons. The predicted molar refractivity (Wildman–Crippen MR) is 297 cm³/mol. The standard InChI is InChI=1S/C32H22N2O2.C18H14O4.C14H12N2/c1-19(35)21-11-15-23(16-12-21)29-30(24-17-13-22(14-18-24)20(2)36)34-32-28-10-6-4-8-26(28)25-7-3-5-9-27(25)31(32)33-29;1-11(19)13-3-7-15(8-4-13)17(21)18(22)16-9-5-14(6-10-16)12(2)20;15-13-11-7-3-1-5-9(11)10-6-2-4-8-12(10)14(13)16/h3-18H,1-2H3;3-10H,1-2H3;1-8H,15-16H2. The molecular weight excluding hydrogens is 921 g/mol. The molecule has 11 rings (SSSR count). The molecular formula is C64H48N4O6. The summed E-state index contributed by atoms with van der Waals surface area (Å²) in [4.78, 5) is 80.8. The molecule has 360 valence electrons. The summed E-state index contributed by atoms with van der Waals surface area (Å²) in [6, 6.07) is 59.6. The van der Waals surface area contributed by atoms with Gasteiger partial charge in [0, 0.05) is 66.1 Å². The van der Waals surface area contributed by atoms with Crippen LogP contribution in [0.2, 0.25) is 0 Å². The Balaban J connectivity index is 0.000000150. The largest absolute Gasteiger partial charge is 0.397 e. The van der Waals surface area contributed by atoms with Gasteiger partial charge in [0.05, 0.1) is 33.8 Å². The molecule has 0 aliphatic heterocycles. The van der Waals surface area contributed by atoms with E-state index in [1.807, 2.05) is 109 Å². The molecule has 0 bridgehead atoms. The highest BCUT2D eigenvalue weighted by atomic mass is 16.2. The van der Waals surface area contributed by atoms with Crippen LogP contribution in [-0.2, 0) is 0 Å². The molecule has 0 saturated carbocycles. The summed E-state index contributed by atoms with van der Waals surface area (Å²) < 4.78 is 0. The topological polar surface area (TPSA) is 180 Å². The zero-order valence-electron chi connectivity index (χ0n) is 41.0. The SMILES string of the molecule is CC(=O)c1ccc(-c2nc3c4ccccc4c4ccccc4c3nc2-c2ccc(C(C)=O)cc2)cc1.CC(=O)c1ccc(C(=O)C(=O)c2ccc(C(C)=O)cc2)cc1.Nc1c(N)c2ccccc2c2ccccc12. The van der Waals surface area contributed by atoms with Crippen molar-refractivity contribution in [3.63, 3.8) is 0 Å². The monoisotopic (exact) mass is 968 g/mol. The fourth-order valence-corrected chi connectivity index (χ4v) is 8.96. The van der Waals surface area contributed by atoms with E-state index in [2.05, 4.69) is 36.4 Å². The van der Waals surface area contributed by atoms with Crippen molar-refractivity contribution in [2.24, 2.45) is 0 Å². The lowest BCUT2D eigenvalue weighted by atomic mass is 9.97. The second-order valence-electron chi connectivity index (χ2n) is 17.8. The zero-order valence-corrected chi connectivity index (χ0v) is 41.0. The lowest BCUT2D eigenvalue weighted by Crippen LogP contribution is -2.14. The van der Waals surface area contributed by atoms with Gasteiger partial charge in [-0.2, -0.15) is 0 Å². The zero-order chi connectivity index (χ0) is 52.2. The Kier molecular flexibility index (Phi) is 13.9. The van der Waals surface area contributed by atoms with Crippen LogP contribution in [0.5, 0.6) is 0 Å². The maximum Gasteiger partial charge on any atom is 0.233 e. The summed E-state index contributed by atoms with van der Waals surface area (Å²) in [6.45, 7) is 5.98. The number of fused-ring (bicyclic) bond motifs is 9. The highest BCUT2D eigenvalue weighted by molar-refractivity contribution is 6.49. The van der Waals surface area contributed by atoms with Gasteiger partial charge in [0.25, 0.3) is 0 Å². The van der Waals surface area contributed by atoms with Crippen LogP contribution in [0.15, 0.2) is 194 Å². The number of hydrogen-bond donors (Lipinski definition) is 2. The number of rotatable bonds is 9. The number of carbonyl (C=O) groups is 6. The first-order valence-electron chi connectivity index (χ1n) is 23.8. The van der Waals surface area contributed by atoms with Crippen LogP contribution in [0.1, 0.15) is 89.8 Å². The summed E-state index contributed by atoms with van der Waals surface area (Å²) >= 11 is 0. The Morgan fingerprint density at radius 3 is 0.770 bits per heavy atom. The van der Waals surface area contributed by atoms with E-state index in [-0.39, 0.29) is 34.3 Å². The molecule has 74 heavy (non-hydrogen) atoms. The summed E-state index contributed by atoms with van der Waals surface area (Å²) in [5, 5.41) is 8.71. The Hall–Kier alpha value is -9.80. The van der Waals surface area contributed by atoms with Gasteiger partial charge < -0.3 is 11.5 Å². The summed E-state index contributed by atoms with van der Waals surface area (Å²) in [7, 11) is 0. The van der Waals surface area contributed by atoms with Crippen molar-refractivity contribution in [1.82, 2.24) is 9.97 Å². The van der Waals surface area contributed by atoms with E-state index in [4.69, 9.17) is 21.4 Å². The van der Waals surface area contributed by atoms with Crippen LogP contribution in [0, 0.1) is 0 Å². The smallest absolute Gasteiger partial charge is 0.233 e. The number of nitrogens with two attached hydrogens (primary N) is 2. The normalized spacial score (nSPS) is 10.9. The van der Waals surface area contributed by atoms with E-state index in [0.29, 0.717) is 33.6 Å². The number of hydrogen-bond acceptors (Lipinski definition) is 10. The van der Waals surface area contributed by atoms with Crippen molar-refractivity contribution in [2.75, 3.05) is 11.5 Å². The maximum absolute atomic E-state index is 12.1. The third kappa shape index (κ3) is 9.80. The molecule has 10 nitrogen and oxygen atoms in total. The second-order valence-corrected chi connectivity index (χ2v) is 17.8. The molecule has 0 amide bonds. The molecule has 0 aliphatic carbocycles. The van der Waals surface area contributed by atoms with Crippen LogP contribution in [0.3, 0.4) is 0 Å². The number of aromatic nitrogens is 2. The van der Waals surface area contributed by atoms with Crippen LogP contribution in [0.4, 0.5) is 11.4 Å². The van der Waals surface area contributed by atoms with Crippen molar-refractivity contribution >= 4 is 100 Å². The summed E-state index contributed by atoms with van der Waals surface area (Å²) in [5.74, 6) is -1.47. The van der Waals surface area contributed by atoms with Crippen molar-refractivity contribution in [3.05, 3.63) is 228 Å². The quantitative estimate of drug-likeness (QED) is 0.0464. The number of ketones is 6. The second kappa shape index (κ2) is 20.9. The molecule has 0 unspecified atom stereocenters. The van der Waals surface area contributed by atoms with E-state index in [0.717, 1.165) is 76.6 Å². The Labute approximate surface area is 426 Å². The molecule has 4 N–H and O–H groups in total. The molecule has 0 atom stereocenters. The van der Waals surface area contributed by atoms with Crippen molar-refractivity contribution < 1.29 is 28.8 Å². The number of nitrogens with zero attached hydrogens (tertiary/aromatic N) is 2. The van der Waals surface area contributed by atoms with E-state index >= 15 is 0 Å².